The van der Waals surface area contributed by atoms with Gasteiger partial charge in [-0.2, -0.15) is 0 Å². The summed E-state index contributed by atoms with van der Waals surface area (Å²) in [7, 11) is 1.55. The van der Waals surface area contributed by atoms with Gasteiger partial charge in [0.05, 0.1) is 17.8 Å². The molecule has 144 valence electrons. The molecule has 6 nitrogen and oxygen atoms in total. The normalized spacial score (nSPS) is 10.4. The van der Waals surface area contributed by atoms with Gasteiger partial charge >= 0.3 is 0 Å². The largest absolute Gasteiger partial charge is 0.495 e. The topological polar surface area (TPSA) is 77.5 Å². The van der Waals surface area contributed by atoms with Crippen LogP contribution in [0.15, 0.2) is 47.8 Å². The number of carbonyl (C=O) groups is 2. The lowest BCUT2D eigenvalue weighted by atomic mass is 10.1. The molecule has 0 radical (unpaired) electrons. The fourth-order valence-electron chi connectivity index (χ4n) is 2.40. The Bertz CT molecular complexity index is 1020. The van der Waals surface area contributed by atoms with Gasteiger partial charge in [-0.1, -0.05) is 23.7 Å². The number of anilines is 1. The standard InChI is InChI=1S/C20H17ClN2O4S/c1-12(24)13-4-3-5-15(8-13)27-10-19(25)23-20-22-17(11-28-20)14-6-7-18(26-2)16(21)9-14/h3-9,11H,10H2,1-2H3,(H,22,23,25). The summed E-state index contributed by atoms with van der Waals surface area (Å²) in [5.74, 6) is 0.626. The Labute approximate surface area is 171 Å². The lowest BCUT2D eigenvalue weighted by Crippen LogP contribution is -2.20. The summed E-state index contributed by atoms with van der Waals surface area (Å²) < 4.78 is 10.6. The predicted octanol–water partition coefficient (Wildman–Crippen LogP) is 4.69. The molecule has 3 aromatic rings. The molecule has 0 bridgehead atoms. The van der Waals surface area contributed by atoms with E-state index < -0.39 is 0 Å². The fraction of sp³-hybridized carbons (Fsp3) is 0.150. The first-order chi connectivity index (χ1) is 13.5. The first-order valence-corrected chi connectivity index (χ1v) is 9.55. The van der Waals surface area contributed by atoms with Gasteiger partial charge in [0.15, 0.2) is 17.5 Å². The number of ketones is 1. The quantitative estimate of drug-likeness (QED) is 0.565. The molecule has 28 heavy (non-hydrogen) atoms. The molecule has 8 heteroatoms. The summed E-state index contributed by atoms with van der Waals surface area (Å²) in [6.07, 6.45) is 0. The third-order valence-corrected chi connectivity index (χ3v) is 4.86. The second-order valence-electron chi connectivity index (χ2n) is 5.81. The summed E-state index contributed by atoms with van der Waals surface area (Å²) in [5.41, 5.74) is 2.04. The summed E-state index contributed by atoms with van der Waals surface area (Å²) in [6, 6.07) is 12.1. The van der Waals surface area contributed by atoms with Crippen molar-refractivity contribution in [1.29, 1.82) is 0 Å². The molecule has 0 aliphatic heterocycles. The maximum Gasteiger partial charge on any atom is 0.264 e. The van der Waals surface area contributed by atoms with E-state index in [1.807, 2.05) is 11.4 Å². The summed E-state index contributed by atoms with van der Waals surface area (Å²) in [5, 5.41) is 5.46. The lowest BCUT2D eigenvalue weighted by molar-refractivity contribution is -0.118. The Hall–Kier alpha value is -2.90. The van der Waals surface area contributed by atoms with Gasteiger partial charge in [0.1, 0.15) is 11.5 Å². The van der Waals surface area contributed by atoms with Crippen molar-refractivity contribution in [2.45, 2.75) is 6.92 Å². The van der Waals surface area contributed by atoms with E-state index in [1.165, 1.54) is 18.3 Å². The molecule has 0 spiro atoms. The number of nitrogens with zero attached hydrogens (tertiary/aromatic N) is 1. The van der Waals surface area contributed by atoms with Crippen molar-refractivity contribution in [2.24, 2.45) is 0 Å². The molecule has 0 unspecified atom stereocenters. The van der Waals surface area contributed by atoms with E-state index in [0.29, 0.717) is 32.9 Å². The second kappa shape index (κ2) is 8.86. The molecule has 0 saturated carbocycles. The van der Waals surface area contributed by atoms with Crippen LogP contribution >= 0.6 is 22.9 Å². The number of aromatic nitrogens is 1. The van der Waals surface area contributed by atoms with Crippen LogP contribution in [-0.2, 0) is 4.79 Å². The smallest absolute Gasteiger partial charge is 0.264 e. The van der Waals surface area contributed by atoms with Crippen molar-refractivity contribution in [3.8, 4) is 22.8 Å². The molecule has 0 saturated heterocycles. The molecule has 1 aromatic heterocycles. The first kappa shape index (κ1) is 19.9. The molecular weight excluding hydrogens is 400 g/mol. The molecule has 1 N–H and O–H groups in total. The van der Waals surface area contributed by atoms with Gasteiger partial charge in [-0.25, -0.2) is 4.98 Å². The van der Waals surface area contributed by atoms with Crippen molar-refractivity contribution >= 4 is 39.8 Å². The lowest BCUT2D eigenvalue weighted by Gasteiger charge is -2.07. The zero-order valence-electron chi connectivity index (χ0n) is 15.2. The number of rotatable bonds is 7. The molecule has 1 amide bonds. The van der Waals surface area contributed by atoms with E-state index >= 15 is 0 Å². The van der Waals surface area contributed by atoms with Crippen molar-refractivity contribution in [3.63, 3.8) is 0 Å². The molecule has 0 atom stereocenters. The Morgan fingerprint density at radius 2 is 2.04 bits per heavy atom. The van der Waals surface area contributed by atoms with E-state index in [4.69, 9.17) is 21.1 Å². The van der Waals surface area contributed by atoms with E-state index in [-0.39, 0.29) is 18.3 Å². The van der Waals surface area contributed by atoms with Crippen LogP contribution in [0.3, 0.4) is 0 Å². The zero-order valence-corrected chi connectivity index (χ0v) is 16.8. The van der Waals surface area contributed by atoms with Crippen LogP contribution in [0.2, 0.25) is 5.02 Å². The van der Waals surface area contributed by atoms with Crippen LogP contribution in [0, 0.1) is 0 Å². The van der Waals surface area contributed by atoms with Crippen molar-refractivity contribution in [1.82, 2.24) is 4.98 Å². The Morgan fingerprint density at radius 1 is 1.21 bits per heavy atom. The van der Waals surface area contributed by atoms with Crippen LogP contribution in [-0.4, -0.2) is 30.4 Å². The van der Waals surface area contributed by atoms with Crippen LogP contribution in [0.4, 0.5) is 5.13 Å². The maximum absolute atomic E-state index is 12.1. The third-order valence-electron chi connectivity index (χ3n) is 3.81. The average Bonchev–Trinajstić information content (AvgIpc) is 3.15. The number of hydrogen-bond acceptors (Lipinski definition) is 6. The summed E-state index contributed by atoms with van der Waals surface area (Å²) in [6.45, 7) is 1.28. The van der Waals surface area contributed by atoms with Crippen molar-refractivity contribution < 1.29 is 19.1 Å². The fourth-order valence-corrected chi connectivity index (χ4v) is 3.39. The highest BCUT2D eigenvalue weighted by atomic mass is 35.5. The number of hydrogen-bond donors (Lipinski definition) is 1. The predicted molar refractivity (Wildman–Crippen MR) is 110 cm³/mol. The molecule has 0 aliphatic rings. The number of benzene rings is 2. The third kappa shape index (κ3) is 4.88. The zero-order chi connectivity index (χ0) is 20.1. The van der Waals surface area contributed by atoms with Gasteiger partial charge in [0, 0.05) is 16.5 Å². The minimum Gasteiger partial charge on any atom is -0.495 e. The molecule has 2 aromatic carbocycles. The van der Waals surface area contributed by atoms with E-state index in [2.05, 4.69) is 10.3 Å². The summed E-state index contributed by atoms with van der Waals surface area (Å²) >= 11 is 7.44. The number of nitrogens with one attached hydrogen (secondary N) is 1. The molecule has 0 aliphatic carbocycles. The minimum absolute atomic E-state index is 0.0659. The highest BCUT2D eigenvalue weighted by Gasteiger charge is 2.11. The second-order valence-corrected chi connectivity index (χ2v) is 7.07. The van der Waals surface area contributed by atoms with Gasteiger partial charge in [-0.15, -0.1) is 11.3 Å². The Morgan fingerprint density at radius 3 is 2.75 bits per heavy atom. The SMILES string of the molecule is COc1ccc(-c2csc(NC(=O)COc3cccc(C(C)=O)c3)n2)cc1Cl. The minimum atomic E-state index is -0.345. The number of methoxy groups -OCH3 is 1. The van der Waals surface area contributed by atoms with Gasteiger partial charge in [0.25, 0.3) is 5.91 Å². The van der Waals surface area contributed by atoms with Crippen molar-refractivity contribution in [2.75, 3.05) is 19.0 Å². The molecule has 3 rings (SSSR count). The van der Waals surface area contributed by atoms with Crippen LogP contribution in [0.25, 0.3) is 11.3 Å². The van der Waals surface area contributed by atoms with Crippen molar-refractivity contribution in [3.05, 3.63) is 58.4 Å². The van der Waals surface area contributed by atoms with Gasteiger partial charge < -0.3 is 9.47 Å². The molecule has 1 heterocycles. The number of ether oxygens (including phenoxy) is 2. The van der Waals surface area contributed by atoms with E-state index in [0.717, 1.165) is 5.56 Å². The maximum atomic E-state index is 12.1. The number of thiazole rings is 1. The van der Waals surface area contributed by atoms with E-state index in [9.17, 15) is 9.59 Å². The van der Waals surface area contributed by atoms with Crippen LogP contribution < -0.4 is 14.8 Å². The molecule has 0 fully saturated rings. The number of amides is 1. The van der Waals surface area contributed by atoms with Gasteiger partial charge in [-0.3, -0.25) is 14.9 Å². The Balaban J connectivity index is 1.60. The Kier molecular flexibility index (Phi) is 6.28. The first-order valence-electron chi connectivity index (χ1n) is 8.29. The highest BCUT2D eigenvalue weighted by molar-refractivity contribution is 7.14. The highest BCUT2D eigenvalue weighted by Crippen LogP contribution is 2.31. The van der Waals surface area contributed by atoms with Crippen LogP contribution in [0.5, 0.6) is 11.5 Å². The monoisotopic (exact) mass is 416 g/mol. The average molecular weight is 417 g/mol. The van der Waals surface area contributed by atoms with Crippen LogP contribution in [0.1, 0.15) is 17.3 Å². The number of carbonyl (C=O) groups excluding carboxylic acids is 2. The van der Waals surface area contributed by atoms with Gasteiger partial charge in [0.2, 0.25) is 0 Å². The molecular formula is C20H17ClN2O4S. The van der Waals surface area contributed by atoms with E-state index in [1.54, 1.807) is 43.5 Å². The summed E-state index contributed by atoms with van der Waals surface area (Å²) in [4.78, 5) is 27.9. The van der Waals surface area contributed by atoms with Gasteiger partial charge in [-0.05, 0) is 37.3 Å². The number of Topliss-reactive ketones (excluding diaryl/α,β-unsaturated/α-hetero) is 1. The number of halogens is 1.